The molecule has 4 heterocycles. The van der Waals surface area contributed by atoms with E-state index in [0.717, 1.165) is 12.1 Å². The lowest BCUT2D eigenvalue weighted by Gasteiger charge is -2.43. The van der Waals surface area contributed by atoms with E-state index >= 15 is 4.39 Å². The van der Waals surface area contributed by atoms with Crippen molar-refractivity contribution in [3.8, 4) is 17.0 Å². The Morgan fingerprint density at radius 1 is 1.15 bits per heavy atom. The zero-order valence-corrected chi connectivity index (χ0v) is 21.3. The van der Waals surface area contributed by atoms with Crippen molar-refractivity contribution in [2.75, 3.05) is 30.8 Å². The minimum atomic E-state index is -3.00. The lowest BCUT2D eigenvalue weighted by atomic mass is 9.84. The molecule has 0 unspecified atom stereocenters. The number of nitrogens with two attached hydrogens (primary N) is 2. The fourth-order valence-electron chi connectivity index (χ4n) is 5.29. The van der Waals surface area contributed by atoms with E-state index < -0.39 is 29.7 Å². The van der Waals surface area contributed by atoms with Crippen molar-refractivity contribution in [1.82, 2.24) is 24.1 Å². The van der Waals surface area contributed by atoms with Crippen LogP contribution in [-0.2, 0) is 13.6 Å². The van der Waals surface area contributed by atoms with Gasteiger partial charge in [-0.25, -0.2) is 32.5 Å². The number of hydrogen-bond acceptors (Lipinski definition) is 8. The van der Waals surface area contributed by atoms with Crippen LogP contribution in [0, 0.1) is 11.6 Å². The Labute approximate surface area is 220 Å². The number of nitrogens with zero attached hydrogens (tertiary/aromatic N) is 6. The molecule has 2 atom stereocenters. The number of rotatable bonds is 7. The summed E-state index contributed by atoms with van der Waals surface area (Å²) in [5, 5.41) is 10.1. The number of hydrogen-bond donors (Lipinski definition) is 3. The molecular weight excluding hydrogens is 520 g/mol. The van der Waals surface area contributed by atoms with Gasteiger partial charge in [0.1, 0.15) is 29.6 Å². The maximum Gasteiger partial charge on any atom is 0.265 e. The number of methoxy groups -OCH3 is 1. The van der Waals surface area contributed by atoms with Crippen LogP contribution in [0.3, 0.4) is 0 Å². The predicted molar refractivity (Wildman–Crippen MR) is 137 cm³/mol. The minimum absolute atomic E-state index is 0.0285. The van der Waals surface area contributed by atoms with E-state index in [9.17, 15) is 18.3 Å². The molecule has 39 heavy (non-hydrogen) atoms. The predicted octanol–water partition coefficient (Wildman–Crippen LogP) is 2.67. The highest BCUT2D eigenvalue weighted by atomic mass is 19.3. The Morgan fingerprint density at radius 3 is 2.64 bits per heavy atom. The number of halogens is 4. The van der Waals surface area contributed by atoms with Crippen molar-refractivity contribution in [2.24, 2.45) is 12.8 Å². The largest absolute Gasteiger partial charge is 0.494 e. The van der Waals surface area contributed by atoms with Crippen LogP contribution in [0.15, 0.2) is 30.9 Å². The Bertz CT molecular complexity index is 1520. The van der Waals surface area contributed by atoms with Gasteiger partial charge in [-0.15, -0.1) is 0 Å². The van der Waals surface area contributed by atoms with E-state index in [-0.39, 0.29) is 36.6 Å². The van der Waals surface area contributed by atoms with Crippen LogP contribution in [0.4, 0.5) is 29.2 Å². The van der Waals surface area contributed by atoms with Gasteiger partial charge in [-0.3, -0.25) is 0 Å². The van der Waals surface area contributed by atoms with Crippen molar-refractivity contribution >= 4 is 22.8 Å². The number of imidazole rings is 1. The molecule has 208 valence electrons. The van der Waals surface area contributed by atoms with E-state index in [1.807, 2.05) is 0 Å². The number of aliphatic hydroxyl groups is 1. The van der Waals surface area contributed by atoms with Gasteiger partial charge in [0.25, 0.3) is 6.43 Å². The highest BCUT2D eigenvalue weighted by Crippen LogP contribution is 2.38. The number of piperidine rings is 1. The van der Waals surface area contributed by atoms with E-state index in [0.29, 0.717) is 41.2 Å². The van der Waals surface area contributed by atoms with E-state index in [4.69, 9.17) is 16.2 Å². The summed E-state index contributed by atoms with van der Waals surface area (Å²) in [6.45, 7) is 0.541. The molecule has 1 fully saturated rings. The van der Waals surface area contributed by atoms with Crippen molar-refractivity contribution in [3.05, 3.63) is 48.1 Å². The number of aromatic nitrogens is 5. The zero-order valence-electron chi connectivity index (χ0n) is 21.3. The third-order valence-electron chi connectivity index (χ3n) is 7.26. The number of fused-ring (bicyclic) bond motifs is 1. The lowest BCUT2D eigenvalue weighted by Crippen LogP contribution is -2.63. The number of ether oxygens (including phenoxy) is 1. The van der Waals surface area contributed by atoms with Crippen LogP contribution in [-0.4, -0.2) is 67.5 Å². The lowest BCUT2D eigenvalue weighted by molar-refractivity contribution is -0.0530. The van der Waals surface area contributed by atoms with Crippen molar-refractivity contribution in [3.63, 3.8) is 0 Å². The fraction of sp³-hybridized carbons (Fsp3) is 0.400. The van der Waals surface area contributed by atoms with E-state index in [2.05, 4.69) is 15.0 Å². The highest BCUT2D eigenvalue weighted by Gasteiger charge is 2.43. The van der Waals surface area contributed by atoms with Gasteiger partial charge in [0.15, 0.2) is 23.0 Å². The summed E-state index contributed by atoms with van der Waals surface area (Å²) in [4.78, 5) is 14.2. The SMILES string of the molecule is COc1cc(F)c(-c2c(Cn3cnc4c(N)ncnc43)cc(N3CCC[C@](N)([C@H](O)C(F)F)C3)n2C)cc1F. The molecule has 4 aromatic rings. The maximum absolute atomic E-state index is 15.4. The topological polar surface area (TPSA) is 133 Å². The molecule has 0 amide bonds. The summed E-state index contributed by atoms with van der Waals surface area (Å²) in [6.07, 6.45) is -1.55. The van der Waals surface area contributed by atoms with Gasteiger partial charge in [-0.05, 0) is 30.5 Å². The molecule has 3 aromatic heterocycles. The zero-order chi connectivity index (χ0) is 28.1. The maximum atomic E-state index is 15.4. The second kappa shape index (κ2) is 10.0. The van der Waals surface area contributed by atoms with Crippen LogP contribution < -0.4 is 21.1 Å². The van der Waals surface area contributed by atoms with Gasteiger partial charge in [0, 0.05) is 31.8 Å². The second-order valence-electron chi connectivity index (χ2n) is 9.74. The van der Waals surface area contributed by atoms with Crippen LogP contribution in [0.5, 0.6) is 5.75 Å². The van der Waals surface area contributed by atoms with Gasteiger partial charge < -0.3 is 35.3 Å². The normalized spacial score (nSPS) is 18.7. The number of nitrogen functional groups attached to an aromatic ring is 1. The first-order valence-corrected chi connectivity index (χ1v) is 12.2. The summed E-state index contributed by atoms with van der Waals surface area (Å²) in [7, 11) is 2.91. The Kier molecular flexibility index (Phi) is 6.84. The van der Waals surface area contributed by atoms with Crippen molar-refractivity contribution in [2.45, 2.75) is 37.5 Å². The summed E-state index contributed by atoms with van der Waals surface area (Å²) < 4.78 is 65.2. The Balaban J connectivity index is 1.63. The molecule has 0 aliphatic carbocycles. The summed E-state index contributed by atoms with van der Waals surface area (Å²) in [6, 6.07) is 3.77. The minimum Gasteiger partial charge on any atom is -0.494 e. The van der Waals surface area contributed by atoms with Crippen LogP contribution in [0.1, 0.15) is 18.4 Å². The van der Waals surface area contributed by atoms with E-state index in [1.165, 1.54) is 19.8 Å². The Morgan fingerprint density at radius 2 is 1.92 bits per heavy atom. The van der Waals surface area contributed by atoms with Gasteiger partial charge in [0.05, 0.1) is 31.2 Å². The molecule has 5 rings (SSSR count). The molecule has 1 aliphatic heterocycles. The van der Waals surface area contributed by atoms with Gasteiger partial charge in [0.2, 0.25) is 0 Å². The number of benzene rings is 1. The van der Waals surface area contributed by atoms with Crippen LogP contribution in [0.2, 0.25) is 0 Å². The molecule has 0 spiro atoms. The fourth-order valence-corrected chi connectivity index (χ4v) is 5.29. The molecule has 14 heteroatoms. The quantitative estimate of drug-likeness (QED) is 0.300. The van der Waals surface area contributed by atoms with Crippen molar-refractivity contribution in [1.29, 1.82) is 0 Å². The standard InChI is InChI=1S/C25H28F4N8O2/c1-35-18(36-5-3-4-25(31,10-36)21(38)22(28)29)6-13(9-37-12-34-19-23(30)32-11-33-24(19)37)20(35)14-7-16(27)17(39-2)8-15(14)26/h6-8,11-12,21-22,38H,3-5,9-10,31H2,1-2H3,(H2,30,32,33)/t21-,25-/m1/s1. The molecule has 1 aromatic carbocycles. The first-order valence-electron chi connectivity index (χ1n) is 12.2. The molecule has 0 bridgehead atoms. The first-order chi connectivity index (χ1) is 18.5. The molecule has 0 saturated carbocycles. The molecule has 1 aliphatic rings. The third kappa shape index (κ3) is 4.63. The molecular formula is C25H28F4N8O2. The van der Waals surface area contributed by atoms with Gasteiger partial charge >= 0.3 is 0 Å². The van der Waals surface area contributed by atoms with Crippen LogP contribution >= 0.6 is 0 Å². The second-order valence-corrected chi connectivity index (χ2v) is 9.74. The number of anilines is 2. The average molecular weight is 549 g/mol. The highest BCUT2D eigenvalue weighted by molar-refractivity contribution is 5.81. The summed E-state index contributed by atoms with van der Waals surface area (Å²) >= 11 is 0. The summed E-state index contributed by atoms with van der Waals surface area (Å²) in [5.41, 5.74) is 12.3. The monoisotopic (exact) mass is 548 g/mol. The molecule has 10 nitrogen and oxygen atoms in total. The molecule has 0 radical (unpaired) electrons. The Hall–Kier alpha value is -3.91. The first kappa shape index (κ1) is 26.7. The summed E-state index contributed by atoms with van der Waals surface area (Å²) in [5.74, 6) is -0.990. The number of aliphatic hydroxyl groups excluding tert-OH is 1. The van der Waals surface area contributed by atoms with E-state index in [1.54, 1.807) is 27.1 Å². The smallest absolute Gasteiger partial charge is 0.265 e. The molecule has 1 saturated heterocycles. The average Bonchev–Trinajstić information content (AvgIpc) is 3.46. The third-order valence-corrected chi connectivity index (χ3v) is 7.26. The van der Waals surface area contributed by atoms with Gasteiger partial charge in [-0.2, -0.15) is 0 Å². The van der Waals surface area contributed by atoms with Crippen LogP contribution in [0.25, 0.3) is 22.4 Å². The number of alkyl halides is 2. The molecule has 5 N–H and O–H groups in total. The van der Waals surface area contributed by atoms with Crippen molar-refractivity contribution < 1.29 is 27.4 Å². The van der Waals surface area contributed by atoms with Gasteiger partial charge in [-0.1, -0.05) is 0 Å².